The van der Waals surface area contributed by atoms with Gasteiger partial charge in [0, 0.05) is 11.1 Å². The Hall–Kier alpha value is -3.44. The number of aromatic amines is 1. The molecule has 0 aliphatic rings. The van der Waals surface area contributed by atoms with Gasteiger partial charge < -0.3 is 19.5 Å². The second-order valence-electron chi connectivity index (χ2n) is 8.11. The number of ether oxygens (including phenoxy) is 1. The van der Waals surface area contributed by atoms with E-state index in [9.17, 15) is 19.2 Å². The van der Waals surface area contributed by atoms with Gasteiger partial charge in [-0.15, -0.1) is 0 Å². The molecule has 0 spiro atoms. The van der Waals surface area contributed by atoms with Crippen LogP contribution in [0.5, 0.6) is 0 Å². The standard InChI is InChI=1S/C22H24N4O6S/c1-22(2,3)26-21(30)25-16(27)12-33-17(28)11-31-10-15-23-19(29)18-14(9-32-20(18)24-15)13-7-5-4-6-8-13/h4-9H,10-12H2,1-3H3,(H,23,24,29)(H2,25,26,27,30). The summed E-state index contributed by atoms with van der Waals surface area (Å²) < 4.78 is 10.7. The van der Waals surface area contributed by atoms with Crippen LogP contribution in [0.2, 0.25) is 0 Å². The van der Waals surface area contributed by atoms with Gasteiger partial charge in [0.1, 0.15) is 30.7 Å². The summed E-state index contributed by atoms with van der Waals surface area (Å²) in [6, 6.07) is 8.69. The van der Waals surface area contributed by atoms with Crippen LogP contribution in [0.25, 0.3) is 22.2 Å². The van der Waals surface area contributed by atoms with Crippen LogP contribution < -0.4 is 16.2 Å². The van der Waals surface area contributed by atoms with E-state index < -0.39 is 22.6 Å². The van der Waals surface area contributed by atoms with E-state index in [-0.39, 0.29) is 36.1 Å². The number of amides is 3. The molecule has 0 bridgehead atoms. The van der Waals surface area contributed by atoms with Gasteiger partial charge in [-0.25, -0.2) is 4.79 Å². The minimum Gasteiger partial charge on any atom is -0.445 e. The van der Waals surface area contributed by atoms with E-state index in [1.54, 1.807) is 20.8 Å². The Balaban J connectivity index is 1.49. The predicted octanol–water partition coefficient (Wildman–Crippen LogP) is 2.58. The molecule has 174 valence electrons. The fraction of sp³-hybridized carbons (Fsp3) is 0.318. The number of nitrogens with zero attached hydrogens (tertiary/aromatic N) is 1. The molecule has 0 unspecified atom stereocenters. The van der Waals surface area contributed by atoms with Gasteiger partial charge in [-0.05, 0) is 26.3 Å². The van der Waals surface area contributed by atoms with E-state index in [0.29, 0.717) is 10.9 Å². The number of hydrogen-bond donors (Lipinski definition) is 3. The number of H-pyrrole nitrogens is 1. The summed E-state index contributed by atoms with van der Waals surface area (Å²) >= 11 is 0.719. The Morgan fingerprint density at radius 1 is 1.18 bits per heavy atom. The number of hydrogen-bond acceptors (Lipinski definition) is 8. The van der Waals surface area contributed by atoms with Crippen LogP contribution in [0.4, 0.5) is 4.79 Å². The van der Waals surface area contributed by atoms with Crippen molar-refractivity contribution in [1.82, 2.24) is 20.6 Å². The molecule has 3 rings (SSSR count). The van der Waals surface area contributed by atoms with Crippen molar-refractivity contribution in [2.75, 3.05) is 12.4 Å². The van der Waals surface area contributed by atoms with Gasteiger partial charge in [0.2, 0.25) is 16.7 Å². The molecule has 11 heteroatoms. The molecule has 3 N–H and O–H groups in total. The van der Waals surface area contributed by atoms with Crippen molar-refractivity contribution in [1.29, 1.82) is 0 Å². The summed E-state index contributed by atoms with van der Waals surface area (Å²) in [7, 11) is 0. The van der Waals surface area contributed by atoms with Gasteiger partial charge in [-0.2, -0.15) is 4.98 Å². The van der Waals surface area contributed by atoms with E-state index in [4.69, 9.17) is 9.15 Å². The first-order valence-corrected chi connectivity index (χ1v) is 11.0. The highest BCUT2D eigenvalue weighted by molar-refractivity contribution is 8.14. The fourth-order valence-corrected chi connectivity index (χ4v) is 3.38. The zero-order valence-electron chi connectivity index (χ0n) is 18.4. The molecule has 10 nitrogen and oxygen atoms in total. The summed E-state index contributed by atoms with van der Waals surface area (Å²) in [5, 5.41) is 4.66. The molecule has 2 aromatic heterocycles. The maximum Gasteiger partial charge on any atom is 0.321 e. The molecule has 1 aromatic carbocycles. The average Bonchev–Trinajstić information content (AvgIpc) is 3.16. The second kappa shape index (κ2) is 10.5. The van der Waals surface area contributed by atoms with Crippen molar-refractivity contribution < 1.29 is 23.5 Å². The Kier molecular flexibility index (Phi) is 7.67. The molecule has 0 aliphatic carbocycles. The van der Waals surface area contributed by atoms with Gasteiger partial charge in [-0.3, -0.25) is 19.7 Å². The number of carbonyl (C=O) groups excluding carboxylic acids is 3. The molecule has 2 heterocycles. The third kappa shape index (κ3) is 7.02. The number of thioether (sulfide) groups is 1. The lowest BCUT2D eigenvalue weighted by atomic mass is 10.1. The maximum atomic E-state index is 12.5. The monoisotopic (exact) mass is 472 g/mol. The number of urea groups is 1. The average molecular weight is 473 g/mol. The number of furan rings is 1. The van der Waals surface area contributed by atoms with Crippen LogP contribution in [0.15, 0.2) is 45.8 Å². The Labute approximate surface area is 193 Å². The molecule has 0 aliphatic heterocycles. The predicted molar refractivity (Wildman–Crippen MR) is 124 cm³/mol. The molecule has 0 fully saturated rings. The van der Waals surface area contributed by atoms with E-state index in [1.807, 2.05) is 30.3 Å². The van der Waals surface area contributed by atoms with Crippen molar-refractivity contribution in [2.24, 2.45) is 0 Å². The quantitative estimate of drug-likeness (QED) is 0.476. The molecular weight excluding hydrogens is 448 g/mol. The summed E-state index contributed by atoms with van der Waals surface area (Å²) in [4.78, 5) is 54.8. The molecular formula is C22H24N4O6S. The second-order valence-corrected chi connectivity index (χ2v) is 9.15. The first-order valence-electron chi connectivity index (χ1n) is 10.0. The van der Waals surface area contributed by atoms with Gasteiger partial charge in [0.25, 0.3) is 5.56 Å². The highest BCUT2D eigenvalue weighted by atomic mass is 32.2. The zero-order valence-corrected chi connectivity index (χ0v) is 19.2. The molecule has 0 atom stereocenters. The smallest absolute Gasteiger partial charge is 0.321 e. The first-order chi connectivity index (χ1) is 15.6. The molecule has 3 amide bonds. The van der Waals surface area contributed by atoms with Crippen LogP contribution >= 0.6 is 11.8 Å². The lowest BCUT2D eigenvalue weighted by Crippen LogP contribution is -2.48. The number of aromatic nitrogens is 2. The van der Waals surface area contributed by atoms with Crippen molar-refractivity contribution in [2.45, 2.75) is 32.9 Å². The minimum absolute atomic E-state index is 0.126. The molecule has 0 radical (unpaired) electrons. The van der Waals surface area contributed by atoms with Crippen LogP contribution in [0, 0.1) is 0 Å². The van der Waals surface area contributed by atoms with Gasteiger partial charge >= 0.3 is 6.03 Å². The Morgan fingerprint density at radius 2 is 1.91 bits per heavy atom. The topological polar surface area (TPSA) is 143 Å². The van der Waals surface area contributed by atoms with Gasteiger partial charge in [-0.1, -0.05) is 42.1 Å². The normalized spacial score (nSPS) is 11.4. The number of nitrogens with one attached hydrogen (secondary N) is 3. The largest absolute Gasteiger partial charge is 0.445 e. The molecule has 33 heavy (non-hydrogen) atoms. The Morgan fingerprint density at radius 3 is 2.61 bits per heavy atom. The number of imide groups is 1. The molecule has 0 saturated carbocycles. The van der Waals surface area contributed by atoms with E-state index in [0.717, 1.165) is 17.3 Å². The third-order valence-electron chi connectivity index (χ3n) is 4.14. The van der Waals surface area contributed by atoms with Crippen molar-refractivity contribution in [3.63, 3.8) is 0 Å². The summed E-state index contributed by atoms with van der Waals surface area (Å²) in [5.41, 5.74) is 0.764. The number of rotatable bonds is 7. The van der Waals surface area contributed by atoms with Crippen molar-refractivity contribution >= 4 is 39.9 Å². The Bertz CT molecular complexity index is 1210. The summed E-state index contributed by atoms with van der Waals surface area (Å²) in [6.07, 6.45) is 1.47. The van der Waals surface area contributed by atoms with Crippen molar-refractivity contribution in [3.05, 3.63) is 52.8 Å². The number of fused-ring (bicyclic) bond motifs is 1. The van der Waals surface area contributed by atoms with Gasteiger partial charge in [0.05, 0.1) is 5.75 Å². The highest BCUT2D eigenvalue weighted by Gasteiger charge is 2.17. The minimum atomic E-state index is -0.629. The third-order valence-corrected chi connectivity index (χ3v) is 4.99. The lowest BCUT2D eigenvalue weighted by Gasteiger charge is -2.20. The van der Waals surface area contributed by atoms with E-state index in [1.165, 1.54) is 6.26 Å². The fourth-order valence-electron chi connectivity index (χ4n) is 2.85. The van der Waals surface area contributed by atoms with E-state index >= 15 is 0 Å². The van der Waals surface area contributed by atoms with Crippen LogP contribution in [0.3, 0.4) is 0 Å². The zero-order chi connectivity index (χ0) is 24.0. The molecule has 3 aromatic rings. The number of benzene rings is 1. The van der Waals surface area contributed by atoms with Gasteiger partial charge in [0.15, 0.2) is 0 Å². The van der Waals surface area contributed by atoms with Crippen LogP contribution in [0.1, 0.15) is 26.6 Å². The van der Waals surface area contributed by atoms with Crippen LogP contribution in [-0.2, 0) is 20.9 Å². The lowest BCUT2D eigenvalue weighted by molar-refractivity contribution is -0.118. The highest BCUT2D eigenvalue weighted by Crippen LogP contribution is 2.26. The first kappa shape index (κ1) is 24.2. The van der Waals surface area contributed by atoms with E-state index in [2.05, 4.69) is 20.6 Å². The van der Waals surface area contributed by atoms with Crippen molar-refractivity contribution in [3.8, 4) is 11.1 Å². The maximum absolute atomic E-state index is 12.5. The summed E-state index contributed by atoms with van der Waals surface area (Å²) in [6.45, 7) is 4.90. The molecule has 0 saturated heterocycles. The number of carbonyl (C=O) groups is 3. The van der Waals surface area contributed by atoms with Crippen LogP contribution in [-0.4, -0.2) is 44.9 Å². The summed E-state index contributed by atoms with van der Waals surface area (Å²) in [5.74, 6) is -0.621. The SMILES string of the molecule is CC(C)(C)NC(=O)NC(=O)CSC(=O)COCc1nc2occ(-c3ccccc3)c2c(=O)[nH]1.